The number of hydrogen-bond acceptors (Lipinski definition) is 3. The zero-order chi connectivity index (χ0) is 15.7. The lowest BCUT2D eigenvalue weighted by atomic mass is 9.88. The molecule has 0 aliphatic heterocycles. The Labute approximate surface area is 132 Å². The summed E-state index contributed by atoms with van der Waals surface area (Å²) in [7, 11) is 1.82. The van der Waals surface area contributed by atoms with E-state index in [1.54, 1.807) is 16.8 Å². The van der Waals surface area contributed by atoms with Crippen LogP contribution < -0.4 is 0 Å². The van der Waals surface area contributed by atoms with E-state index < -0.39 is 5.97 Å². The van der Waals surface area contributed by atoms with Gasteiger partial charge >= 0.3 is 5.97 Å². The Morgan fingerprint density at radius 3 is 2.59 bits per heavy atom. The molecule has 0 saturated heterocycles. The maximum atomic E-state index is 11.2. The largest absolute Gasteiger partial charge is 0.481 e. The molecule has 3 rings (SSSR count). The van der Waals surface area contributed by atoms with Crippen LogP contribution in [0.15, 0.2) is 42.5 Å². The summed E-state index contributed by atoms with van der Waals surface area (Å²) in [6.45, 7) is 0. The van der Waals surface area contributed by atoms with Crippen LogP contribution in [0.3, 0.4) is 0 Å². The van der Waals surface area contributed by atoms with Crippen LogP contribution in [-0.4, -0.2) is 26.1 Å². The summed E-state index contributed by atoms with van der Waals surface area (Å²) in [5, 5.41) is 17.9. The third-order valence-corrected chi connectivity index (χ3v) is 3.94. The number of benzene rings is 2. The molecule has 0 aliphatic rings. The highest BCUT2D eigenvalue weighted by molar-refractivity contribution is 6.30. The minimum atomic E-state index is -0.848. The van der Waals surface area contributed by atoms with Crippen molar-refractivity contribution >= 4 is 28.6 Å². The summed E-state index contributed by atoms with van der Waals surface area (Å²) >= 11 is 5.91. The number of nitrogens with zero attached hydrogens (tertiary/aromatic N) is 3. The molecule has 1 aromatic heterocycles. The van der Waals surface area contributed by atoms with Gasteiger partial charge in [0.25, 0.3) is 0 Å². The Hall–Kier alpha value is -2.40. The number of aromatic nitrogens is 3. The summed E-state index contributed by atoms with van der Waals surface area (Å²) in [4.78, 5) is 11.2. The first-order valence-corrected chi connectivity index (χ1v) is 7.19. The van der Waals surface area contributed by atoms with Crippen LogP contribution in [0.1, 0.15) is 23.5 Å². The van der Waals surface area contributed by atoms with Crippen LogP contribution in [-0.2, 0) is 11.8 Å². The molecule has 0 radical (unpaired) electrons. The average Bonchev–Trinajstić information content (AvgIpc) is 2.86. The highest BCUT2D eigenvalue weighted by atomic mass is 35.5. The molecule has 22 heavy (non-hydrogen) atoms. The van der Waals surface area contributed by atoms with Crippen LogP contribution in [0.5, 0.6) is 0 Å². The lowest BCUT2D eigenvalue weighted by Crippen LogP contribution is -2.08. The summed E-state index contributed by atoms with van der Waals surface area (Å²) in [6.07, 6.45) is 0.00734. The van der Waals surface area contributed by atoms with E-state index in [0.717, 1.165) is 22.2 Å². The minimum absolute atomic E-state index is 0.00734. The number of carboxylic acid groups (broad SMARTS) is 1. The molecule has 1 N–H and O–H groups in total. The van der Waals surface area contributed by atoms with Gasteiger partial charge in [-0.1, -0.05) is 35.0 Å². The van der Waals surface area contributed by atoms with Crippen LogP contribution in [0.2, 0.25) is 5.02 Å². The fraction of sp³-hybridized carbons (Fsp3) is 0.188. The fourth-order valence-corrected chi connectivity index (χ4v) is 2.70. The number of fused-ring (bicyclic) bond motifs is 1. The average molecular weight is 316 g/mol. The van der Waals surface area contributed by atoms with Crippen LogP contribution in [0.25, 0.3) is 11.0 Å². The summed E-state index contributed by atoms with van der Waals surface area (Å²) in [5.41, 5.74) is 3.48. The quantitative estimate of drug-likeness (QED) is 0.802. The summed E-state index contributed by atoms with van der Waals surface area (Å²) in [5.74, 6) is -1.10. The molecular weight excluding hydrogens is 302 g/mol. The molecule has 6 heteroatoms. The first-order valence-electron chi connectivity index (χ1n) is 6.81. The van der Waals surface area contributed by atoms with Crippen molar-refractivity contribution < 1.29 is 9.90 Å². The van der Waals surface area contributed by atoms with E-state index in [1.165, 1.54) is 0 Å². The third-order valence-electron chi connectivity index (χ3n) is 3.69. The van der Waals surface area contributed by atoms with Gasteiger partial charge in [0, 0.05) is 18.0 Å². The number of rotatable bonds is 4. The predicted molar refractivity (Wildman–Crippen MR) is 84.1 cm³/mol. The van der Waals surface area contributed by atoms with E-state index in [2.05, 4.69) is 10.3 Å². The van der Waals surface area contributed by atoms with Crippen LogP contribution in [0, 0.1) is 0 Å². The Morgan fingerprint density at radius 2 is 1.91 bits per heavy atom. The molecule has 2 aromatic carbocycles. The van der Waals surface area contributed by atoms with Crippen molar-refractivity contribution in [3.05, 3.63) is 58.6 Å². The van der Waals surface area contributed by atoms with Gasteiger partial charge < -0.3 is 5.11 Å². The minimum Gasteiger partial charge on any atom is -0.481 e. The van der Waals surface area contributed by atoms with E-state index >= 15 is 0 Å². The maximum absolute atomic E-state index is 11.2. The molecular formula is C16H14ClN3O2. The lowest BCUT2D eigenvalue weighted by Gasteiger charge is -2.16. The Kier molecular flexibility index (Phi) is 3.81. The molecule has 0 fully saturated rings. The summed E-state index contributed by atoms with van der Waals surface area (Å²) in [6, 6.07) is 13.0. The molecule has 5 nitrogen and oxygen atoms in total. The van der Waals surface area contributed by atoms with Gasteiger partial charge in [-0.15, -0.1) is 5.10 Å². The SMILES string of the molecule is Cn1nnc2cc([C@H](CC(=O)O)c3ccc(Cl)cc3)ccc21. The van der Waals surface area contributed by atoms with E-state index in [-0.39, 0.29) is 12.3 Å². The normalized spacial score (nSPS) is 12.5. The molecule has 0 aliphatic carbocycles. The first-order chi connectivity index (χ1) is 10.5. The van der Waals surface area contributed by atoms with Crippen molar-refractivity contribution in [2.75, 3.05) is 0 Å². The van der Waals surface area contributed by atoms with Gasteiger partial charge in [-0.2, -0.15) is 0 Å². The zero-order valence-electron chi connectivity index (χ0n) is 11.9. The smallest absolute Gasteiger partial charge is 0.304 e. The zero-order valence-corrected chi connectivity index (χ0v) is 12.7. The molecule has 0 amide bonds. The number of carboxylic acids is 1. The van der Waals surface area contributed by atoms with Crippen molar-refractivity contribution in [3.8, 4) is 0 Å². The van der Waals surface area contributed by atoms with Gasteiger partial charge in [0.1, 0.15) is 5.52 Å². The fourth-order valence-electron chi connectivity index (χ4n) is 2.57. The second-order valence-corrected chi connectivity index (χ2v) is 5.60. The van der Waals surface area contributed by atoms with Crippen molar-refractivity contribution in [3.63, 3.8) is 0 Å². The van der Waals surface area contributed by atoms with Gasteiger partial charge in [0.2, 0.25) is 0 Å². The molecule has 112 valence electrons. The second-order valence-electron chi connectivity index (χ2n) is 5.16. The molecule has 0 bridgehead atoms. The molecule has 1 atom stereocenters. The Balaban J connectivity index is 2.06. The van der Waals surface area contributed by atoms with E-state index in [4.69, 9.17) is 11.6 Å². The van der Waals surface area contributed by atoms with Gasteiger partial charge in [-0.05, 0) is 35.4 Å². The number of carbonyl (C=O) groups is 1. The topological polar surface area (TPSA) is 68.0 Å². The van der Waals surface area contributed by atoms with Crippen molar-refractivity contribution in [2.45, 2.75) is 12.3 Å². The first kappa shape index (κ1) is 14.5. The summed E-state index contributed by atoms with van der Waals surface area (Å²) < 4.78 is 1.69. The lowest BCUT2D eigenvalue weighted by molar-refractivity contribution is -0.137. The van der Waals surface area contributed by atoms with Gasteiger partial charge in [0.05, 0.1) is 11.9 Å². The highest BCUT2D eigenvalue weighted by Gasteiger charge is 2.19. The number of hydrogen-bond donors (Lipinski definition) is 1. The maximum Gasteiger partial charge on any atom is 0.304 e. The highest BCUT2D eigenvalue weighted by Crippen LogP contribution is 2.30. The number of aryl methyl sites for hydroxylation is 1. The van der Waals surface area contributed by atoms with Gasteiger partial charge in [0.15, 0.2) is 0 Å². The third kappa shape index (κ3) is 2.80. The van der Waals surface area contributed by atoms with E-state index in [9.17, 15) is 9.90 Å². The van der Waals surface area contributed by atoms with Crippen molar-refractivity contribution in [1.29, 1.82) is 0 Å². The standard InChI is InChI=1S/C16H14ClN3O2/c1-20-15-7-4-11(8-14(15)18-19-20)13(9-16(21)22)10-2-5-12(17)6-3-10/h2-8,13H,9H2,1H3,(H,21,22)/t13-/m1/s1. The Bertz CT molecular complexity index is 827. The van der Waals surface area contributed by atoms with Crippen molar-refractivity contribution in [1.82, 2.24) is 15.0 Å². The second kappa shape index (κ2) is 5.77. The van der Waals surface area contributed by atoms with Gasteiger partial charge in [-0.25, -0.2) is 4.68 Å². The molecule has 0 saturated carbocycles. The molecule has 3 aromatic rings. The van der Waals surface area contributed by atoms with E-state index in [0.29, 0.717) is 5.02 Å². The van der Waals surface area contributed by atoms with E-state index in [1.807, 2.05) is 37.4 Å². The monoisotopic (exact) mass is 315 g/mol. The number of aliphatic carboxylic acids is 1. The van der Waals surface area contributed by atoms with Crippen molar-refractivity contribution in [2.24, 2.45) is 7.05 Å². The Morgan fingerprint density at radius 1 is 1.23 bits per heavy atom. The predicted octanol–water partition coefficient (Wildman–Crippen LogP) is 3.23. The molecule has 0 spiro atoms. The number of halogens is 1. The van der Waals surface area contributed by atoms with Gasteiger partial charge in [-0.3, -0.25) is 4.79 Å². The molecule has 1 heterocycles. The molecule has 0 unspecified atom stereocenters. The van der Waals surface area contributed by atoms with Crippen LogP contribution in [0.4, 0.5) is 0 Å². The van der Waals surface area contributed by atoms with Crippen LogP contribution >= 0.6 is 11.6 Å².